The van der Waals surface area contributed by atoms with Crippen molar-refractivity contribution in [1.29, 1.82) is 0 Å². The van der Waals surface area contributed by atoms with Crippen LogP contribution in [-0.4, -0.2) is 42.5 Å². The van der Waals surface area contributed by atoms with Gasteiger partial charge in [-0.2, -0.15) is 5.10 Å². The van der Waals surface area contributed by atoms with Crippen LogP contribution in [0.5, 0.6) is 0 Å². The molecule has 2 heterocycles. The van der Waals surface area contributed by atoms with Crippen LogP contribution in [0.25, 0.3) is 33.4 Å². The van der Waals surface area contributed by atoms with E-state index in [9.17, 15) is 4.79 Å². The van der Waals surface area contributed by atoms with Gasteiger partial charge < -0.3 is 9.47 Å². The molecule has 0 bridgehead atoms. The van der Waals surface area contributed by atoms with E-state index in [2.05, 4.69) is 42.8 Å². The molecule has 0 unspecified atom stereocenters. The van der Waals surface area contributed by atoms with Gasteiger partial charge in [0, 0.05) is 26.3 Å². The molecule has 0 amide bonds. The van der Waals surface area contributed by atoms with E-state index in [4.69, 9.17) is 14.6 Å². The number of carbonyl (C=O) groups excluding carboxylic acids is 1. The zero-order valence-corrected chi connectivity index (χ0v) is 20.5. The van der Waals surface area contributed by atoms with E-state index in [1.165, 1.54) is 7.11 Å². The first-order valence-electron chi connectivity index (χ1n) is 11.0. The Bertz CT molecular complexity index is 1250. The number of pyridine rings is 1. The maximum atomic E-state index is 11.7. The molecule has 6 nitrogen and oxygen atoms in total. The minimum absolute atomic E-state index is 0.343. The fourth-order valence-electron chi connectivity index (χ4n) is 3.63. The van der Waals surface area contributed by atoms with Crippen molar-refractivity contribution in [2.24, 2.45) is 0 Å². The number of benzene rings is 2. The zero-order valence-electron chi connectivity index (χ0n) is 19.5. The van der Waals surface area contributed by atoms with Crippen LogP contribution >= 0.6 is 0 Å². The van der Waals surface area contributed by atoms with Gasteiger partial charge in [-0.25, -0.2) is 9.48 Å². The van der Waals surface area contributed by atoms with Crippen molar-refractivity contribution in [3.05, 3.63) is 72.4 Å². The van der Waals surface area contributed by atoms with Crippen molar-refractivity contribution in [3.63, 3.8) is 0 Å². The van der Waals surface area contributed by atoms with Crippen molar-refractivity contribution >= 4 is 24.9 Å². The SMILES string of the molecule is COC(=O)c1ccc(-c2ccc3c(-c4ccccn4)n(COCC[Si](C)(C)C)nc3c2)cc1. The number of methoxy groups -OCH3 is 1. The molecule has 2 aromatic heterocycles. The molecule has 33 heavy (non-hydrogen) atoms. The second-order valence-electron chi connectivity index (χ2n) is 9.21. The molecule has 0 atom stereocenters. The Morgan fingerprint density at radius 1 is 1.00 bits per heavy atom. The molecule has 2 aromatic carbocycles. The smallest absolute Gasteiger partial charge is 0.337 e. The van der Waals surface area contributed by atoms with Gasteiger partial charge in [0.1, 0.15) is 6.73 Å². The van der Waals surface area contributed by atoms with E-state index in [-0.39, 0.29) is 5.97 Å². The molecule has 0 saturated carbocycles. The number of rotatable bonds is 8. The van der Waals surface area contributed by atoms with Crippen LogP contribution in [0.4, 0.5) is 0 Å². The van der Waals surface area contributed by atoms with Crippen molar-refractivity contribution in [2.75, 3.05) is 13.7 Å². The summed E-state index contributed by atoms with van der Waals surface area (Å²) >= 11 is 0. The third-order valence-corrected chi connectivity index (χ3v) is 7.20. The Hall–Kier alpha value is -3.29. The van der Waals surface area contributed by atoms with Gasteiger partial charge in [0.25, 0.3) is 0 Å². The Balaban J connectivity index is 1.67. The number of fused-ring (bicyclic) bond motifs is 1. The number of hydrogen-bond donors (Lipinski definition) is 0. The average Bonchev–Trinajstić information content (AvgIpc) is 3.19. The van der Waals surface area contributed by atoms with Gasteiger partial charge in [0.2, 0.25) is 0 Å². The lowest BCUT2D eigenvalue weighted by molar-refractivity contribution is 0.0600. The number of aromatic nitrogens is 3. The summed E-state index contributed by atoms with van der Waals surface area (Å²) in [6, 6.07) is 20.6. The van der Waals surface area contributed by atoms with Gasteiger partial charge >= 0.3 is 5.97 Å². The second-order valence-corrected chi connectivity index (χ2v) is 14.8. The highest BCUT2D eigenvalue weighted by atomic mass is 28.3. The highest BCUT2D eigenvalue weighted by Gasteiger charge is 2.17. The molecule has 170 valence electrons. The molecular formula is C26H29N3O3Si. The highest BCUT2D eigenvalue weighted by molar-refractivity contribution is 6.76. The third kappa shape index (κ3) is 5.38. The summed E-state index contributed by atoms with van der Waals surface area (Å²) in [5, 5.41) is 5.88. The maximum Gasteiger partial charge on any atom is 0.337 e. The topological polar surface area (TPSA) is 66.2 Å². The van der Waals surface area contributed by atoms with Gasteiger partial charge in [-0.05, 0) is 53.6 Å². The third-order valence-electron chi connectivity index (χ3n) is 5.50. The first-order chi connectivity index (χ1) is 15.9. The summed E-state index contributed by atoms with van der Waals surface area (Å²) in [4.78, 5) is 16.3. The summed E-state index contributed by atoms with van der Waals surface area (Å²) < 4.78 is 12.7. The number of nitrogens with zero attached hydrogens (tertiary/aromatic N) is 3. The van der Waals surface area contributed by atoms with Crippen LogP contribution in [0.2, 0.25) is 25.7 Å². The predicted molar refractivity (Wildman–Crippen MR) is 134 cm³/mol. The van der Waals surface area contributed by atoms with Crippen molar-refractivity contribution < 1.29 is 14.3 Å². The lowest BCUT2D eigenvalue weighted by Crippen LogP contribution is -2.22. The monoisotopic (exact) mass is 459 g/mol. The van der Waals surface area contributed by atoms with Crippen molar-refractivity contribution in [2.45, 2.75) is 32.4 Å². The van der Waals surface area contributed by atoms with Crippen LogP contribution in [-0.2, 0) is 16.2 Å². The molecule has 0 radical (unpaired) electrons. The van der Waals surface area contributed by atoms with E-state index in [1.807, 2.05) is 35.0 Å². The van der Waals surface area contributed by atoms with Gasteiger partial charge in [-0.15, -0.1) is 0 Å². The number of esters is 1. The molecule has 7 heteroatoms. The Morgan fingerprint density at radius 3 is 2.42 bits per heavy atom. The van der Waals surface area contributed by atoms with E-state index in [0.29, 0.717) is 12.3 Å². The first kappa shape index (κ1) is 22.9. The van der Waals surface area contributed by atoms with Crippen molar-refractivity contribution in [1.82, 2.24) is 14.8 Å². The number of hydrogen-bond acceptors (Lipinski definition) is 5. The molecular weight excluding hydrogens is 430 g/mol. The molecule has 0 fully saturated rings. The first-order valence-corrected chi connectivity index (χ1v) is 14.7. The summed E-state index contributed by atoms with van der Waals surface area (Å²) in [7, 11) is 0.224. The molecule has 0 aliphatic rings. The highest BCUT2D eigenvalue weighted by Crippen LogP contribution is 2.31. The average molecular weight is 460 g/mol. The van der Waals surface area contributed by atoms with E-state index in [0.717, 1.165) is 46.1 Å². The summed E-state index contributed by atoms with van der Waals surface area (Å²) in [6.07, 6.45) is 1.79. The zero-order chi connectivity index (χ0) is 23.4. The maximum absolute atomic E-state index is 11.7. The number of ether oxygens (including phenoxy) is 2. The van der Waals surface area contributed by atoms with Crippen LogP contribution in [0, 0.1) is 0 Å². The lowest BCUT2D eigenvalue weighted by atomic mass is 10.0. The summed E-state index contributed by atoms with van der Waals surface area (Å²) in [5.74, 6) is -0.343. The lowest BCUT2D eigenvalue weighted by Gasteiger charge is -2.15. The number of carbonyl (C=O) groups is 1. The Labute approximate surface area is 195 Å². The van der Waals surface area contributed by atoms with E-state index in [1.54, 1.807) is 18.3 Å². The molecule has 4 aromatic rings. The standard InChI is InChI=1S/C26H29N3O3Si/c1-31-26(30)20-10-8-19(9-11-20)21-12-13-22-24(17-21)28-29(18-32-15-16-33(2,3)4)25(22)23-7-5-6-14-27-23/h5-14,17H,15-16,18H2,1-4H3. The fraction of sp³-hybridized carbons (Fsp3) is 0.269. The van der Waals surface area contributed by atoms with E-state index < -0.39 is 8.07 Å². The Morgan fingerprint density at radius 2 is 1.76 bits per heavy atom. The molecule has 0 saturated heterocycles. The quantitative estimate of drug-likeness (QED) is 0.187. The van der Waals surface area contributed by atoms with Crippen molar-refractivity contribution in [3.8, 4) is 22.5 Å². The molecule has 0 aliphatic carbocycles. The summed E-state index contributed by atoms with van der Waals surface area (Å²) in [6.45, 7) is 8.14. The summed E-state index contributed by atoms with van der Waals surface area (Å²) in [5.41, 5.74) is 5.24. The van der Waals surface area contributed by atoms with Gasteiger partial charge in [0.15, 0.2) is 0 Å². The molecule has 0 N–H and O–H groups in total. The molecule has 0 aliphatic heterocycles. The molecule has 0 spiro atoms. The Kier molecular flexibility index (Phi) is 6.71. The molecule has 4 rings (SSSR count). The second kappa shape index (κ2) is 9.68. The normalized spacial score (nSPS) is 11.6. The fourth-order valence-corrected chi connectivity index (χ4v) is 4.38. The van der Waals surface area contributed by atoms with E-state index >= 15 is 0 Å². The van der Waals surface area contributed by atoms with Crippen LogP contribution in [0.1, 0.15) is 10.4 Å². The van der Waals surface area contributed by atoms with Gasteiger partial charge in [0.05, 0.1) is 29.6 Å². The van der Waals surface area contributed by atoms with Crippen LogP contribution < -0.4 is 0 Å². The van der Waals surface area contributed by atoms with Gasteiger partial charge in [-0.3, -0.25) is 4.98 Å². The minimum Gasteiger partial charge on any atom is -0.465 e. The van der Waals surface area contributed by atoms with Crippen LogP contribution in [0.15, 0.2) is 66.9 Å². The van der Waals surface area contributed by atoms with Gasteiger partial charge in [-0.1, -0.05) is 43.9 Å². The van der Waals surface area contributed by atoms with Crippen LogP contribution in [0.3, 0.4) is 0 Å². The largest absolute Gasteiger partial charge is 0.465 e. The predicted octanol–water partition coefficient (Wildman–Crippen LogP) is 5.86. The minimum atomic E-state index is -1.16.